The molecule has 0 radical (unpaired) electrons. The highest BCUT2D eigenvalue weighted by Crippen LogP contribution is 2.47. The first-order chi connectivity index (χ1) is 11.3. The van der Waals surface area contributed by atoms with Crippen molar-refractivity contribution in [3.63, 3.8) is 0 Å². The number of carboxylic acids is 1. The summed E-state index contributed by atoms with van der Waals surface area (Å²) in [5.41, 5.74) is -0.665. The van der Waals surface area contributed by atoms with E-state index in [-0.39, 0.29) is 11.3 Å². The molecule has 1 aromatic rings. The Morgan fingerprint density at radius 2 is 1.88 bits per heavy atom. The van der Waals surface area contributed by atoms with E-state index in [1.165, 1.54) is 18.2 Å². The number of hydrogen-bond donors (Lipinski definition) is 1. The van der Waals surface area contributed by atoms with Gasteiger partial charge in [0.25, 0.3) is 0 Å². The van der Waals surface area contributed by atoms with Crippen molar-refractivity contribution < 1.29 is 32.5 Å². The molecule has 1 heterocycles. The number of rotatable bonds is 3. The summed E-state index contributed by atoms with van der Waals surface area (Å²) in [7, 11) is 0. The fourth-order valence-electron chi connectivity index (χ4n) is 3.14. The van der Waals surface area contributed by atoms with E-state index in [4.69, 9.17) is 9.47 Å². The highest BCUT2D eigenvalue weighted by atomic mass is 19.4. The van der Waals surface area contributed by atoms with Gasteiger partial charge in [-0.3, -0.25) is 0 Å². The van der Waals surface area contributed by atoms with Crippen LogP contribution in [0.4, 0.5) is 13.2 Å². The van der Waals surface area contributed by atoms with Gasteiger partial charge < -0.3 is 14.6 Å². The van der Waals surface area contributed by atoms with Crippen molar-refractivity contribution in [1.29, 1.82) is 0 Å². The number of carbonyl (C=O) groups is 1. The second-order valence-corrected chi connectivity index (χ2v) is 6.00. The minimum atomic E-state index is -5.03. The monoisotopic (exact) mass is 342 g/mol. The van der Waals surface area contributed by atoms with Crippen LogP contribution in [0.5, 0.6) is 5.75 Å². The van der Waals surface area contributed by atoms with Crippen LogP contribution in [0.25, 0.3) is 6.08 Å². The third-order valence-corrected chi connectivity index (χ3v) is 4.32. The molecule has 1 fully saturated rings. The van der Waals surface area contributed by atoms with Gasteiger partial charge in [0.1, 0.15) is 11.3 Å². The summed E-state index contributed by atoms with van der Waals surface area (Å²) in [5.74, 6) is -5.04. The van der Waals surface area contributed by atoms with Crippen LogP contribution in [-0.2, 0) is 9.53 Å². The summed E-state index contributed by atoms with van der Waals surface area (Å²) in [4.78, 5) is 11.5. The second kappa shape index (κ2) is 6.12. The molecule has 0 saturated heterocycles. The Morgan fingerprint density at radius 1 is 1.21 bits per heavy atom. The lowest BCUT2D eigenvalue weighted by molar-refractivity contribution is -0.347. The number of para-hydroxylation sites is 1. The highest BCUT2D eigenvalue weighted by Gasteiger charge is 2.66. The van der Waals surface area contributed by atoms with Gasteiger partial charge in [0, 0.05) is 5.56 Å². The molecule has 4 nitrogen and oxygen atoms in total. The zero-order chi connectivity index (χ0) is 17.4. The third-order valence-electron chi connectivity index (χ3n) is 4.32. The molecule has 1 atom stereocenters. The van der Waals surface area contributed by atoms with Gasteiger partial charge >= 0.3 is 17.9 Å². The number of halogens is 3. The number of ether oxygens (including phenoxy) is 2. The Kier molecular flexibility index (Phi) is 4.29. The summed E-state index contributed by atoms with van der Waals surface area (Å²) in [6.45, 7) is 0. The lowest BCUT2D eigenvalue weighted by atomic mass is 9.94. The molecule has 0 bridgehead atoms. The smallest absolute Gasteiger partial charge is 0.460 e. The van der Waals surface area contributed by atoms with Crippen LogP contribution in [-0.4, -0.2) is 29.1 Å². The van der Waals surface area contributed by atoms with Crippen LogP contribution in [0.2, 0.25) is 0 Å². The molecule has 0 spiro atoms. The fraction of sp³-hybridized carbons (Fsp3) is 0.471. The molecule has 0 amide bonds. The Hall–Kier alpha value is -2.02. The van der Waals surface area contributed by atoms with Gasteiger partial charge in [-0.15, -0.1) is 0 Å². The zero-order valence-corrected chi connectivity index (χ0v) is 12.8. The van der Waals surface area contributed by atoms with Crippen LogP contribution < -0.4 is 4.74 Å². The van der Waals surface area contributed by atoms with E-state index in [1.807, 2.05) is 0 Å². The second-order valence-electron chi connectivity index (χ2n) is 6.00. The van der Waals surface area contributed by atoms with E-state index in [0.717, 1.165) is 25.3 Å². The van der Waals surface area contributed by atoms with E-state index in [1.54, 1.807) is 6.07 Å². The first-order valence-electron chi connectivity index (χ1n) is 7.81. The molecule has 24 heavy (non-hydrogen) atoms. The van der Waals surface area contributed by atoms with E-state index in [2.05, 4.69) is 0 Å². The number of aliphatic carboxylic acids is 1. The summed E-state index contributed by atoms with van der Waals surface area (Å²) >= 11 is 0. The molecular weight excluding hydrogens is 325 g/mol. The van der Waals surface area contributed by atoms with E-state index in [9.17, 15) is 23.1 Å². The average Bonchev–Trinajstić information content (AvgIpc) is 2.54. The molecule has 1 saturated carbocycles. The maximum atomic E-state index is 13.9. The number of hydrogen-bond acceptors (Lipinski definition) is 3. The molecule has 1 N–H and O–H groups in total. The van der Waals surface area contributed by atoms with E-state index < -0.39 is 29.6 Å². The van der Waals surface area contributed by atoms with Crippen LogP contribution in [0, 0.1) is 0 Å². The van der Waals surface area contributed by atoms with Gasteiger partial charge in [-0.05, 0) is 25.0 Å². The Bertz CT molecular complexity index is 662. The molecule has 1 aromatic carbocycles. The molecule has 3 rings (SSSR count). The highest BCUT2D eigenvalue weighted by molar-refractivity contribution is 5.95. The number of alkyl halides is 3. The average molecular weight is 342 g/mol. The summed E-state index contributed by atoms with van der Waals surface area (Å²) < 4.78 is 52.2. The molecule has 1 aliphatic carbocycles. The van der Waals surface area contributed by atoms with Crippen LogP contribution in [0.15, 0.2) is 29.8 Å². The lowest BCUT2D eigenvalue weighted by Crippen LogP contribution is -2.58. The van der Waals surface area contributed by atoms with Crippen molar-refractivity contribution in [3.05, 3.63) is 35.4 Å². The maximum Gasteiger partial charge on any atom is 0.460 e. The van der Waals surface area contributed by atoms with Gasteiger partial charge in [0.15, 0.2) is 0 Å². The van der Waals surface area contributed by atoms with Crippen molar-refractivity contribution in [2.24, 2.45) is 0 Å². The summed E-state index contributed by atoms with van der Waals surface area (Å²) in [6, 6.07) is 6.00. The summed E-state index contributed by atoms with van der Waals surface area (Å²) in [6.07, 6.45) is -1.38. The molecule has 130 valence electrons. The van der Waals surface area contributed by atoms with E-state index in [0.29, 0.717) is 12.8 Å². The topological polar surface area (TPSA) is 55.8 Å². The lowest BCUT2D eigenvalue weighted by Gasteiger charge is -2.41. The van der Waals surface area contributed by atoms with Crippen LogP contribution in [0.3, 0.4) is 0 Å². The fourth-order valence-corrected chi connectivity index (χ4v) is 3.14. The van der Waals surface area contributed by atoms with Gasteiger partial charge in [-0.25, -0.2) is 4.79 Å². The van der Waals surface area contributed by atoms with Crippen molar-refractivity contribution in [1.82, 2.24) is 0 Å². The number of benzene rings is 1. The van der Waals surface area contributed by atoms with Crippen LogP contribution in [0.1, 0.15) is 37.7 Å². The van der Waals surface area contributed by atoms with E-state index >= 15 is 0 Å². The van der Waals surface area contributed by atoms with Crippen molar-refractivity contribution in [3.8, 4) is 5.75 Å². The minimum Gasteiger partial charge on any atom is -0.478 e. The Morgan fingerprint density at radius 3 is 2.50 bits per heavy atom. The van der Waals surface area contributed by atoms with Gasteiger partial charge in [-0.1, -0.05) is 37.5 Å². The van der Waals surface area contributed by atoms with Crippen molar-refractivity contribution in [2.75, 3.05) is 0 Å². The number of carboxylic acid groups (broad SMARTS) is 1. The molecular formula is C17H17F3O4. The summed E-state index contributed by atoms with van der Waals surface area (Å²) in [5, 5.41) is 9.36. The Balaban J connectivity index is 2.08. The predicted molar refractivity (Wildman–Crippen MR) is 79.4 cm³/mol. The van der Waals surface area contributed by atoms with Gasteiger partial charge in [-0.2, -0.15) is 13.2 Å². The predicted octanol–water partition coefficient (Wildman–Crippen LogP) is 4.15. The first kappa shape index (κ1) is 16.8. The quantitative estimate of drug-likeness (QED) is 0.896. The molecule has 0 aromatic heterocycles. The molecule has 1 aliphatic heterocycles. The molecule has 7 heteroatoms. The van der Waals surface area contributed by atoms with Crippen molar-refractivity contribution in [2.45, 2.75) is 50.2 Å². The molecule has 2 aliphatic rings. The van der Waals surface area contributed by atoms with Gasteiger partial charge in [0.2, 0.25) is 0 Å². The standard InChI is InChI=1S/C17H17F3O4/c18-17(19,20)16(23-12-7-2-1-3-8-12)13(15(21)22)10-11-6-4-5-9-14(11)24-16/h4-6,9-10,12H,1-3,7-8H2,(H,21,22). The van der Waals surface area contributed by atoms with Crippen molar-refractivity contribution >= 4 is 12.0 Å². The molecule has 1 unspecified atom stereocenters. The van der Waals surface area contributed by atoms with Gasteiger partial charge in [0.05, 0.1) is 6.10 Å². The normalized spacial score (nSPS) is 24.7. The first-order valence-corrected chi connectivity index (χ1v) is 7.81. The SMILES string of the molecule is O=C(O)C1=Cc2ccccc2OC1(OC1CCCCC1)C(F)(F)F. The third kappa shape index (κ3) is 2.88. The van der Waals surface area contributed by atoms with Crippen LogP contribution >= 0.6 is 0 Å². The largest absolute Gasteiger partial charge is 0.478 e. The Labute approximate surface area is 136 Å². The maximum absolute atomic E-state index is 13.9. The zero-order valence-electron chi connectivity index (χ0n) is 12.8. The number of fused-ring (bicyclic) bond motifs is 1. The minimum absolute atomic E-state index is 0.0457.